The summed E-state index contributed by atoms with van der Waals surface area (Å²) in [4.78, 5) is 21.1. The Morgan fingerprint density at radius 1 is 1.10 bits per heavy atom. The van der Waals surface area contributed by atoms with Crippen LogP contribution in [0.15, 0.2) is 76.2 Å². The molecular weight excluding hydrogens is 448 g/mol. The molecule has 2 aromatic carbocycles. The Bertz CT molecular complexity index is 1150. The van der Waals surface area contributed by atoms with Gasteiger partial charge in [0.2, 0.25) is 0 Å². The number of carbonyl (C=O) groups is 1. The van der Waals surface area contributed by atoms with Crippen molar-refractivity contribution in [2.45, 2.75) is 13.0 Å². The van der Waals surface area contributed by atoms with Gasteiger partial charge in [-0.2, -0.15) is 4.98 Å². The lowest BCUT2D eigenvalue weighted by molar-refractivity contribution is -0.122. The molecule has 4 rings (SSSR count). The lowest BCUT2D eigenvalue weighted by Crippen LogP contribution is -2.30. The number of hydrogen-bond acceptors (Lipinski definition) is 5. The van der Waals surface area contributed by atoms with Crippen LogP contribution in [0.3, 0.4) is 0 Å². The number of carbonyl (C=O) groups excluding carboxylic acids is 1. The molecule has 30 heavy (non-hydrogen) atoms. The number of aromatic nitrogens is 3. The highest BCUT2D eigenvalue weighted by Crippen LogP contribution is 2.24. The number of amides is 1. The Morgan fingerprint density at radius 2 is 1.77 bits per heavy atom. The van der Waals surface area contributed by atoms with Gasteiger partial charge in [-0.3, -0.25) is 10.1 Å². The van der Waals surface area contributed by atoms with Crippen molar-refractivity contribution in [1.82, 2.24) is 14.5 Å². The molecule has 0 radical (unpaired) electrons. The van der Waals surface area contributed by atoms with Crippen LogP contribution in [-0.4, -0.2) is 26.5 Å². The smallest absolute Gasteiger partial charge is 0.302 e. The number of imidazole rings is 1. The van der Waals surface area contributed by atoms with Crippen LogP contribution in [0.5, 0.6) is 5.75 Å². The maximum absolute atomic E-state index is 12.4. The number of hydrogen-bond donors (Lipinski definition) is 1. The van der Waals surface area contributed by atoms with E-state index >= 15 is 0 Å². The third-order valence-corrected chi connectivity index (χ3v) is 4.94. The summed E-state index contributed by atoms with van der Waals surface area (Å²) in [6.07, 6.45) is 4.46. The van der Waals surface area contributed by atoms with Crippen LogP contribution < -0.4 is 10.1 Å². The number of anilines is 1. The number of nitrogens with zero attached hydrogens (tertiary/aromatic N) is 3. The van der Waals surface area contributed by atoms with Gasteiger partial charge in [0.05, 0.1) is 12.0 Å². The Balaban J connectivity index is 1.36. The molecule has 1 atom stereocenters. The number of halogens is 1. The van der Waals surface area contributed by atoms with Crippen LogP contribution in [0.4, 0.5) is 6.01 Å². The summed E-state index contributed by atoms with van der Waals surface area (Å²) in [6, 6.07) is 15.2. The largest absolute Gasteiger partial charge is 0.481 e. The third kappa shape index (κ3) is 4.60. The molecule has 0 aliphatic heterocycles. The number of oxazole rings is 1. The Hall–Kier alpha value is -3.39. The van der Waals surface area contributed by atoms with Gasteiger partial charge in [0.25, 0.3) is 5.91 Å². The molecule has 8 heteroatoms. The first-order valence-electron chi connectivity index (χ1n) is 9.25. The van der Waals surface area contributed by atoms with Crippen molar-refractivity contribution in [3.63, 3.8) is 0 Å². The van der Waals surface area contributed by atoms with E-state index in [9.17, 15) is 4.79 Å². The molecule has 0 bridgehead atoms. The number of benzene rings is 2. The molecule has 7 nitrogen and oxygen atoms in total. The van der Waals surface area contributed by atoms with Crippen LogP contribution in [0.25, 0.3) is 22.5 Å². The van der Waals surface area contributed by atoms with E-state index in [1.807, 2.05) is 66.3 Å². The van der Waals surface area contributed by atoms with E-state index in [4.69, 9.17) is 9.15 Å². The highest BCUT2D eigenvalue weighted by Gasteiger charge is 2.18. The number of aryl methyl sites for hydroxylation is 1. The molecule has 1 unspecified atom stereocenters. The first kappa shape index (κ1) is 19.9. The minimum Gasteiger partial charge on any atom is -0.481 e. The van der Waals surface area contributed by atoms with Gasteiger partial charge < -0.3 is 13.7 Å². The van der Waals surface area contributed by atoms with E-state index in [1.54, 1.807) is 13.3 Å². The molecule has 1 N–H and O–H groups in total. The molecule has 0 saturated heterocycles. The van der Waals surface area contributed by atoms with Crippen LogP contribution in [0.1, 0.15) is 6.92 Å². The van der Waals surface area contributed by atoms with Gasteiger partial charge >= 0.3 is 6.01 Å². The summed E-state index contributed by atoms with van der Waals surface area (Å²) in [5, 5.41) is 2.64. The number of rotatable bonds is 6. The van der Waals surface area contributed by atoms with Gasteiger partial charge in [-0.25, -0.2) is 4.98 Å². The summed E-state index contributed by atoms with van der Waals surface area (Å²) in [6.45, 7) is 1.67. The Labute approximate surface area is 181 Å². The molecule has 152 valence electrons. The van der Waals surface area contributed by atoms with Gasteiger partial charge in [-0.05, 0) is 43.3 Å². The monoisotopic (exact) mass is 466 g/mol. The third-order valence-electron chi connectivity index (χ3n) is 4.41. The summed E-state index contributed by atoms with van der Waals surface area (Å²) in [5.41, 5.74) is 3.37. The van der Waals surface area contributed by atoms with E-state index in [0.29, 0.717) is 11.4 Å². The van der Waals surface area contributed by atoms with Crippen LogP contribution in [0.2, 0.25) is 0 Å². The van der Waals surface area contributed by atoms with Crippen LogP contribution >= 0.6 is 15.9 Å². The number of nitrogens with one attached hydrogen (secondary N) is 1. The lowest BCUT2D eigenvalue weighted by atomic mass is 10.1. The summed E-state index contributed by atoms with van der Waals surface area (Å²) in [5.74, 6) is 0.230. The van der Waals surface area contributed by atoms with Crippen molar-refractivity contribution in [2.75, 3.05) is 5.32 Å². The lowest BCUT2D eigenvalue weighted by Gasteiger charge is -2.13. The molecule has 0 fully saturated rings. The minimum absolute atomic E-state index is 0.124. The minimum atomic E-state index is -0.728. The molecule has 4 aromatic rings. The second-order valence-electron chi connectivity index (χ2n) is 6.74. The van der Waals surface area contributed by atoms with E-state index in [2.05, 4.69) is 31.2 Å². The zero-order valence-electron chi connectivity index (χ0n) is 16.4. The van der Waals surface area contributed by atoms with E-state index < -0.39 is 6.10 Å². The summed E-state index contributed by atoms with van der Waals surface area (Å²) >= 11 is 3.40. The van der Waals surface area contributed by atoms with E-state index in [0.717, 1.165) is 21.3 Å². The molecule has 0 spiro atoms. The first-order valence-corrected chi connectivity index (χ1v) is 10.0. The van der Waals surface area contributed by atoms with Gasteiger partial charge in [-0.1, -0.05) is 28.1 Å². The van der Waals surface area contributed by atoms with Gasteiger partial charge in [0, 0.05) is 28.8 Å². The predicted molar refractivity (Wildman–Crippen MR) is 117 cm³/mol. The standard InChI is InChI=1S/C22H19BrN4O3/c1-14(30-18-9-5-15(6-10-18)19-11-27(2)13-24-19)21(28)26-22-25-20(12-29-22)16-3-7-17(23)8-4-16/h3-14H,1-2H3,(H,25,26,28). The quantitative estimate of drug-likeness (QED) is 0.436. The second-order valence-corrected chi connectivity index (χ2v) is 7.66. The topological polar surface area (TPSA) is 82.2 Å². The molecule has 1 amide bonds. The first-order chi connectivity index (χ1) is 14.5. The fourth-order valence-corrected chi connectivity index (χ4v) is 3.08. The highest BCUT2D eigenvalue weighted by molar-refractivity contribution is 9.10. The normalized spacial score (nSPS) is 11.8. The zero-order chi connectivity index (χ0) is 21.1. The highest BCUT2D eigenvalue weighted by atomic mass is 79.9. The molecule has 2 heterocycles. The van der Waals surface area contributed by atoms with Crippen molar-refractivity contribution in [3.05, 3.63) is 71.8 Å². The zero-order valence-corrected chi connectivity index (χ0v) is 18.0. The maximum Gasteiger partial charge on any atom is 0.302 e. The molecule has 0 aliphatic carbocycles. The fraction of sp³-hybridized carbons (Fsp3) is 0.136. The van der Waals surface area contributed by atoms with Crippen molar-refractivity contribution in [3.8, 4) is 28.3 Å². The fourth-order valence-electron chi connectivity index (χ4n) is 2.82. The predicted octanol–water partition coefficient (Wildman–Crippen LogP) is 4.91. The Morgan fingerprint density at radius 3 is 2.43 bits per heavy atom. The second kappa shape index (κ2) is 8.54. The molecular formula is C22H19BrN4O3. The van der Waals surface area contributed by atoms with E-state index in [-0.39, 0.29) is 11.9 Å². The SMILES string of the molecule is CC(Oc1ccc(-c2cn(C)cn2)cc1)C(=O)Nc1nc(-c2ccc(Br)cc2)co1. The van der Waals surface area contributed by atoms with Crippen molar-refractivity contribution in [1.29, 1.82) is 0 Å². The van der Waals surface area contributed by atoms with Crippen LogP contribution in [-0.2, 0) is 11.8 Å². The molecule has 0 saturated carbocycles. The summed E-state index contributed by atoms with van der Waals surface area (Å²) in [7, 11) is 1.92. The summed E-state index contributed by atoms with van der Waals surface area (Å²) < 4.78 is 14.0. The average Bonchev–Trinajstić information content (AvgIpc) is 3.38. The van der Waals surface area contributed by atoms with Gasteiger partial charge in [-0.15, -0.1) is 0 Å². The van der Waals surface area contributed by atoms with Crippen molar-refractivity contribution in [2.24, 2.45) is 7.05 Å². The van der Waals surface area contributed by atoms with Crippen molar-refractivity contribution >= 4 is 27.9 Å². The van der Waals surface area contributed by atoms with Crippen LogP contribution in [0, 0.1) is 0 Å². The van der Waals surface area contributed by atoms with E-state index in [1.165, 1.54) is 6.26 Å². The number of ether oxygens (including phenoxy) is 1. The average molecular weight is 467 g/mol. The van der Waals surface area contributed by atoms with Gasteiger partial charge in [0.15, 0.2) is 6.10 Å². The molecule has 2 aromatic heterocycles. The van der Waals surface area contributed by atoms with Gasteiger partial charge in [0.1, 0.15) is 17.7 Å². The maximum atomic E-state index is 12.4. The Kier molecular flexibility index (Phi) is 5.67. The van der Waals surface area contributed by atoms with Crippen molar-refractivity contribution < 1.29 is 13.9 Å². The molecule has 0 aliphatic rings.